The molecule has 0 aliphatic carbocycles. The average Bonchev–Trinajstić information content (AvgIpc) is 2.86. The van der Waals surface area contributed by atoms with Crippen LogP contribution in [0.25, 0.3) is 0 Å². The predicted octanol–water partition coefficient (Wildman–Crippen LogP) is 1.29. The number of hydrogen-bond acceptors (Lipinski definition) is 4. The number of aryl methyl sites for hydroxylation is 1. The standard InChI is InChI=1S/C11H18N2O2S2/c1-3-10-4-5-11(16-10)17(14,15)12-9-6-7-13(2)8-9/h4-5,9,12H,3,6-8H2,1-2H3. The van der Waals surface area contributed by atoms with E-state index in [0.717, 1.165) is 30.8 Å². The number of likely N-dealkylation sites (N-methyl/N-ethyl adjacent to an activating group) is 1. The smallest absolute Gasteiger partial charge is 0.250 e. The van der Waals surface area contributed by atoms with E-state index < -0.39 is 10.0 Å². The minimum atomic E-state index is -3.31. The molecule has 1 aromatic rings. The van der Waals surface area contributed by atoms with Crippen LogP contribution < -0.4 is 4.72 Å². The van der Waals surface area contributed by atoms with E-state index in [1.165, 1.54) is 11.3 Å². The van der Waals surface area contributed by atoms with Gasteiger partial charge in [0.2, 0.25) is 10.0 Å². The average molecular weight is 274 g/mol. The Bertz CT molecular complexity index is 481. The third-order valence-electron chi connectivity index (χ3n) is 2.96. The Morgan fingerprint density at radius 2 is 2.29 bits per heavy atom. The fourth-order valence-electron chi connectivity index (χ4n) is 2.00. The molecule has 1 unspecified atom stereocenters. The molecule has 0 aromatic carbocycles. The molecular weight excluding hydrogens is 256 g/mol. The van der Waals surface area contributed by atoms with Crippen LogP contribution in [0.2, 0.25) is 0 Å². The number of thiophene rings is 1. The molecule has 1 aromatic heterocycles. The number of hydrogen-bond donors (Lipinski definition) is 1. The van der Waals surface area contributed by atoms with Crippen LogP contribution in [-0.2, 0) is 16.4 Å². The molecule has 2 heterocycles. The first kappa shape index (κ1) is 13.0. The van der Waals surface area contributed by atoms with Crippen molar-refractivity contribution >= 4 is 21.4 Å². The van der Waals surface area contributed by atoms with E-state index in [9.17, 15) is 8.42 Å². The lowest BCUT2D eigenvalue weighted by molar-refractivity contribution is 0.407. The van der Waals surface area contributed by atoms with Crippen LogP contribution in [0.15, 0.2) is 16.3 Å². The lowest BCUT2D eigenvalue weighted by atomic mass is 10.3. The maximum Gasteiger partial charge on any atom is 0.250 e. The van der Waals surface area contributed by atoms with Crippen LogP contribution in [-0.4, -0.2) is 39.5 Å². The van der Waals surface area contributed by atoms with Gasteiger partial charge < -0.3 is 4.90 Å². The highest BCUT2D eigenvalue weighted by Crippen LogP contribution is 2.22. The number of rotatable bonds is 4. The molecule has 1 atom stereocenters. The number of nitrogens with one attached hydrogen (secondary N) is 1. The lowest BCUT2D eigenvalue weighted by Crippen LogP contribution is -2.36. The molecule has 0 radical (unpaired) electrons. The van der Waals surface area contributed by atoms with Crippen molar-refractivity contribution in [3.8, 4) is 0 Å². The first-order chi connectivity index (χ1) is 8.01. The number of sulfonamides is 1. The van der Waals surface area contributed by atoms with Crippen LogP contribution >= 0.6 is 11.3 Å². The summed E-state index contributed by atoms with van der Waals surface area (Å²) in [5, 5.41) is 0. The molecule has 1 aliphatic rings. The van der Waals surface area contributed by atoms with Crippen LogP contribution in [0.5, 0.6) is 0 Å². The van der Waals surface area contributed by atoms with E-state index in [2.05, 4.69) is 9.62 Å². The number of nitrogens with zero attached hydrogens (tertiary/aromatic N) is 1. The summed E-state index contributed by atoms with van der Waals surface area (Å²) in [5.74, 6) is 0. The van der Waals surface area contributed by atoms with Gasteiger partial charge in [-0.15, -0.1) is 11.3 Å². The maximum absolute atomic E-state index is 12.1. The van der Waals surface area contributed by atoms with Crippen LogP contribution in [0.4, 0.5) is 0 Å². The zero-order valence-electron chi connectivity index (χ0n) is 10.1. The monoisotopic (exact) mass is 274 g/mol. The Balaban J connectivity index is 2.08. The SMILES string of the molecule is CCc1ccc(S(=O)(=O)NC2CCN(C)C2)s1. The molecule has 0 spiro atoms. The second kappa shape index (κ2) is 5.06. The molecule has 17 heavy (non-hydrogen) atoms. The largest absolute Gasteiger partial charge is 0.305 e. The van der Waals surface area contributed by atoms with Gasteiger partial charge >= 0.3 is 0 Å². The zero-order valence-corrected chi connectivity index (χ0v) is 11.8. The van der Waals surface area contributed by atoms with Crippen molar-refractivity contribution in [3.05, 3.63) is 17.0 Å². The molecule has 2 rings (SSSR count). The highest BCUT2D eigenvalue weighted by atomic mass is 32.2. The van der Waals surface area contributed by atoms with E-state index >= 15 is 0 Å². The van der Waals surface area contributed by atoms with E-state index in [0.29, 0.717) is 4.21 Å². The van der Waals surface area contributed by atoms with E-state index in [-0.39, 0.29) is 6.04 Å². The van der Waals surface area contributed by atoms with Gasteiger partial charge in [0.25, 0.3) is 0 Å². The van der Waals surface area contributed by atoms with Gasteiger partial charge in [0, 0.05) is 17.5 Å². The number of likely N-dealkylation sites (tertiary alicyclic amines) is 1. The summed E-state index contributed by atoms with van der Waals surface area (Å²) >= 11 is 1.36. The van der Waals surface area contributed by atoms with Crippen LogP contribution in [0.1, 0.15) is 18.2 Å². The Morgan fingerprint density at radius 3 is 2.82 bits per heavy atom. The van der Waals surface area contributed by atoms with Crippen molar-refractivity contribution in [1.82, 2.24) is 9.62 Å². The molecule has 1 fully saturated rings. The summed E-state index contributed by atoms with van der Waals surface area (Å²) in [7, 11) is -1.31. The molecule has 6 heteroatoms. The van der Waals surface area contributed by atoms with Gasteiger partial charge in [-0.3, -0.25) is 0 Å². The molecule has 96 valence electrons. The van der Waals surface area contributed by atoms with Crippen LogP contribution in [0.3, 0.4) is 0 Å². The highest BCUT2D eigenvalue weighted by molar-refractivity contribution is 7.91. The van der Waals surface area contributed by atoms with Gasteiger partial charge in [-0.05, 0) is 38.6 Å². The first-order valence-corrected chi connectivity index (χ1v) is 8.11. The molecule has 0 saturated carbocycles. The molecule has 4 nitrogen and oxygen atoms in total. The summed E-state index contributed by atoms with van der Waals surface area (Å²) in [6, 6.07) is 3.64. The van der Waals surface area contributed by atoms with Gasteiger partial charge in [-0.2, -0.15) is 0 Å². The molecule has 1 saturated heterocycles. The van der Waals surface area contributed by atoms with Crippen molar-refractivity contribution < 1.29 is 8.42 Å². The summed E-state index contributed by atoms with van der Waals surface area (Å²) in [5.41, 5.74) is 0. The minimum Gasteiger partial charge on any atom is -0.305 e. The summed E-state index contributed by atoms with van der Waals surface area (Å²) < 4.78 is 27.4. The molecular formula is C11H18N2O2S2. The van der Waals surface area contributed by atoms with Crippen molar-refractivity contribution in [3.63, 3.8) is 0 Å². The second-order valence-electron chi connectivity index (χ2n) is 4.44. The van der Waals surface area contributed by atoms with Gasteiger partial charge in [0.1, 0.15) is 4.21 Å². The summed E-state index contributed by atoms with van der Waals surface area (Å²) in [6.45, 7) is 3.78. The quantitative estimate of drug-likeness (QED) is 0.900. The Labute approximate surface area is 107 Å². The van der Waals surface area contributed by atoms with E-state index in [1.807, 2.05) is 20.0 Å². The van der Waals surface area contributed by atoms with Crippen molar-refractivity contribution in [2.45, 2.75) is 30.0 Å². The lowest BCUT2D eigenvalue weighted by Gasteiger charge is -2.12. The fraction of sp³-hybridized carbons (Fsp3) is 0.636. The molecule has 1 N–H and O–H groups in total. The first-order valence-electron chi connectivity index (χ1n) is 5.81. The molecule has 0 bridgehead atoms. The van der Waals surface area contributed by atoms with Crippen molar-refractivity contribution in [2.24, 2.45) is 0 Å². The van der Waals surface area contributed by atoms with E-state index in [4.69, 9.17) is 0 Å². The zero-order chi connectivity index (χ0) is 12.5. The predicted molar refractivity (Wildman–Crippen MR) is 69.9 cm³/mol. The van der Waals surface area contributed by atoms with Gasteiger partial charge in [0.05, 0.1) is 0 Å². The molecule has 0 amide bonds. The van der Waals surface area contributed by atoms with Crippen LogP contribution in [0, 0.1) is 0 Å². The topological polar surface area (TPSA) is 49.4 Å². The van der Waals surface area contributed by atoms with Gasteiger partial charge in [0.15, 0.2) is 0 Å². The van der Waals surface area contributed by atoms with Gasteiger partial charge in [-0.1, -0.05) is 6.92 Å². The second-order valence-corrected chi connectivity index (χ2v) is 7.55. The fourth-order valence-corrected chi connectivity index (χ4v) is 4.58. The Hall–Kier alpha value is -0.430. The maximum atomic E-state index is 12.1. The summed E-state index contributed by atoms with van der Waals surface area (Å²) in [6.07, 6.45) is 1.77. The summed E-state index contributed by atoms with van der Waals surface area (Å²) in [4.78, 5) is 3.24. The third-order valence-corrected chi connectivity index (χ3v) is 6.21. The van der Waals surface area contributed by atoms with E-state index in [1.54, 1.807) is 6.07 Å². The third kappa shape index (κ3) is 3.07. The Kier molecular flexibility index (Phi) is 3.87. The minimum absolute atomic E-state index is 0.0529. The normalized spacial score (nSPS) is 22.1. The molecule has 1 aliphatic heterocycles. The van der Waals surface area contributed by atoms with Gasteiger partial charge in [-0.25, -0.2) is 13.1 Å². The van der Waals surface area contributed by atoms with Crippen molar-refractivity contribution in [2.75, 3.05) is 20.1 Å². The van der Waals surface area contributed by atoms with Crippen molar-refractivity contribution in [1.29, 1.82) is 0 Å². The highest BCUT2D eigenvalue weighted by Gasteiger charge is 2.26. The Morgan fingerprint density at radius 1 is 1.53 bits per heavy atom.